The van der Waals surface area contributed by atoms with Crippen molar-refractivity contribution in [2.45, 2.75) is 16.2 Å². The predicted molar refractivity (Wildman–Crippen MR) is 114 cm³/mol. The van der Waals surface area contributed by atoms with Crippen molar-refractivity contribution in [3.8, 4) is 5.75 Å². The molecule has 0 bridgehead atoms. The third-order valence-electron chi connectivity index (χ3n) is 4.79. The van der Waals surface area contributed by atoms with Crippen molar-refractivity contribution in [3.05, 3.63) is 89.5 Å². The van der Waals surface area contributed by atoms with Crippen LogP contribution in [-0.2, 0) is 27.2 Å². The van der Waals surface area contributed by atoms with Gasteiger partial charge in [0.15, 0.2) is 0 Å². The Kier molecular flexibility index (Phi) is 5.12. The predicted octanol–water partition coefficient (Wildman–Crippen LogP) is 3.57. The third-order valence-corrected chi connectivity index (χ3v) is 6.63. The molecule has 148 valence electrons. The Hall–Kier alpha value is -2.74. The molecule has 1 atom stereocenters. The number of hydrogen-bond acceptors (Lipinski definition) is 4. The first-order valence-electron chi connectivity index (χ1n) is 8.89. The molecule has 1 aliphatic rings. The number of benzene rings is 3. The number of fused-ring (bicyclic) bond motifs is 1. The number of rotatable bonds is 4. The van der Waals surface area contributed by atoms with E-state index in [1.807, 2.05) is 48.5 Å². The van der Waals surface area contributed by atoms with Gasteiger partial charge in [-0.25, -0.2) is 13.6 Å². The molecule has 0 saturated heterocycles. The molecule has 0 aromatic heterocycles. The van der Waals surface area contributed by atoms with E-state index in [2.05, 4.69) is 0 Å². The molecular formula is C22H19NO4S2. The van der Waals surface area contributed by atoms with Gasteiger partial charge >= 0.3 is 0 Å². The molecule has 1 heterocycles. The van der Waals surface area contributed by atoms with Gasteiger partial charge in [0.2, 0.25) is 10.0 Å². The monoisotopic (exact) mass is 425 g/mol. The summed E-state index contributed by atoms with van der Waals surface area (Å²) in [5.41, 5.74) is 3.65. The Bertz CT molecular complexity index is 1250. The minimum absolute atomic E-state index is 0.0444. The number of hydrogen-bond donors (Lipinski definition) is 1. The lowest BCUT2D eigenvalue weighted by molar-refractivity contribution is 0.502. The zero-order valence-corrected chi connectivity index (χ0v) is 17.3. The molecule has 7 heteroatoms. The van der Waals surface area contributed by atoms with Gasteiger partial charge in [0.05, 0.1) is 4.90 Å². The van der Waals surface area contributed by atoms with Crippen molar-refractivity contribution >= 4 is 32.2 Å². The van der Waals surface area contributed by atoms with Crippen LogP contribution in [0.25, 0.3) is 11.3 Å². The van der Waals surface area contributed by atoms with Crippen molar-refractivity contribution < 1.29 is 17.4 Å². The second kappa shape index (κ2) is 7.59. The van der Waals surface area contributed by atoms with Gasteiger partial charge in [-0.1, -0.05) is 30.3 Å². The SMILES string of the molecule is CS(=O)c1cccc(C2=C(c3ccc(S(N)(=O)=O)cc3)Oc3ccccc3C2)c1. The summed E-state index contributed by atoms with van der Waals surface area (Å²) in [5.74, 6) is 1.40. The van der Waals surface area contributed by atoms with E-state index in [4.69, 9.17) is 9.88 Å². The Morgan fingerprint density at radius 2 is 1.66 bits per heavy atom. The fourth-order valence-corrected chi connectivity index (χ4v) is 4.40. The maximum Gasteiger partial charge on any atom is 0.238 e. The maximum absolute atomic E-state index is 12.0. The summed E-state index contributed by atoms with van der Waals surface area (Å²) < 4.78 is 41.3. The number of allylic oxidation sites excluding steroid dienone is 1. The lowest BCUT2D eigenvalue weighted by Crippen LogP contribution is -2.13. The average Bonchev–Trinajstić information content (AvgIpc) is 2.72. The van der Waals surface area contributed by atoms with E-state index in [0.29, 0.717) is 12.2 Å². The van der Waals surface area contributed by atoms with Crippen molar-refractivity contribution in [2.75, 3.05) is 6.26 Å². The highest BCUT2D eigenvalue weighted by Crippen LogP contribution is 2.39. The standard InChI is InChI=1S/C22H19NO4S2/c1-28(24)18-7-4-6-16(13-18)20-14-17-5-2-3-8-21(17)27-22(20)15-9-11-19(12-10-15)29(23,25)26/h2-13H,14H2,1H3,(H2,23,25,26). The van der Waals surface area contributed by atoms with Crippen LogP contribution in [0.2, 0.25) is 0 Å². The van der Waals surface area contributed by atoms with E-state index in [0.717, 1.165) is 32.9 Å². The van der Waals surface area contributed by atoms with Crippen LogP contribution in [0.1, 0.15) is 16.7 Å². The van der Waals surface area contributed by atoms with Crippen LogP contribution in [0.4, 0.5) is 0 Å². The summed E-state index contributed by atoms with van der Waals surface area (Å²) in [4.78, 5) is 0.778. The van der Waals surface area contributed by atoms with Gasteiger partial charge in [0.25, 0.3) is 0 Å². The lowest BCUT2D eigenvalue weighted by atomic mass is 9.92. The minimum atomic E-state index is -3.77. The zero-order valence-electron chi connectivity index (χ0n) is 15.7. The molecule has 0 spiro atoms. The Morgan fingerprint density at radius 3 is 2.34 bits per heavy atom. The van der Waals surface area contributed by atoms with Crippen LogP contribution < -0.4 is 9.88 Å². The Morgan fingerprint density at radius 1 is 0.931 bits per heavy atom. The summed E-state index contributed by atoms with van der Waals surface area (Å²) >= 11 is 0. The average molecular weight is 426 g/mol. The molecule has 3 aromatic carbocycles. The van der Waals surface area contributed by atoms with Crippen LogP contribution in [0, 0.1) is 0 Å². The quantitative estimate of drug-likeness (QED) is 0.692. The fourth-order valence-electron chi connectivity index (χ4n) is 3.32. The molecule has 5 nitrogen and oxygen atoms in total. The largest absolute Gasteiger partial charge is 0.456 e. The van der Waals surface area contributed by atoms with Gasteiger partial charge in [-0.05, 0) is 53.6 Å². The number of nitrogens with two attached hydrogens (primary N) is 1. The molecule has 0 amide bonds. The highest BCUT2D eigenvalue weighted by atomic mass is 32.2. The van der Waals surface area contributed by atoms with Gasteiger partial charge in [-0.15, -0.1) is 0 Å². The second-order valence-electron chi connectivity index (χ2n) is 6.75. The summed E-state index contributed by atoms with van der Waals surface area (Å²) in [6, 6.07) is 21.7. The van der Waals surface area contributed by atoms with E-state index >= 15 is 0 Å². The molecule has 1 unspecified atom stereocenters. The summed E-state index contributed by atoms with van der Waals surface area (Å²) in [7, 11) is -4.87. The molecule has 2 N–H and O–H groups in total. The van der Waals surface area contributed by atoms with Crippen molar-refractivity contribution in [3.63, 3.8) is 0 Å². The van der Waals surface area contributed by atoms with Gasteiger partial charge in [0, 0.05) is 39.5 Å². The maximum atomic E-state index is 12.0. The smallest absolute Gasteiger partial charge is 0.238 e. The van der Waals surface area contributed by atoms with Gasteiger partial charge in [0.1, 0.15) is 11.5 Å². The minimum Gasteiger partial charge on any atom is -0.456 e. The number of primary sulfonamides is 1. The highest BCUT2D eigenvalue weighted by molar-refractivity contribution is 7.89. The Balaban J connectivity index is 1.87. The third kappa shape index (κ3) is 4.03. The van der Waals surface area contributed by atoms with E-state index < -0.39 is 20.8 Å². The topological polar surface area (TPSA) is 86.5 Å². The lowest BCUT2D eigenvalue weighted by Gasteiger charge is -2.24. The van der Waals surface area contributed by atoms with E-state index in [-0.39, 0.29) is 4.90 Å². The molecule has 0 fully saturated rings. The first-order valence-corrected chi connectivity index (χ1v) is 12.0. The van der Waals surface area contributed by atoms with Crippen LogP contribution in [0.3, 0.4) is 0 Å². The molecule has 4 rings (SSSR count). The summed E-state index contributed by atoms with van der Waals surface area (Å²) in [6.07, 6.45) is 2.29. The second-order valence-corrected chi connectivity index (χ2v) is 9.69. The first kappa shape index (κ1) is 19.6. The van der Waals surface area contributed by atoms with E-state index in [1.54, 1.807) is 18.4 Å². The number of sulfonamides is 1. The van der Waals surface area contributed by atoms with Gasteiger partial charge in [-0.3, -0.25) is 4.21 Å². The highest BCUT2D eigenvalue weighted by Gasteiger charge is 2.23. The molecular weight excluding hydrogens is 406 g/mol. The zero-order chi connectivity index (χ0) is 20.6. The van der Waals surface area contributed by atoms with E-state index in [1.165, 1.54) is 12.1 Å². The van der Waals surface area contributed by atoms with Crippen LogP contribution >= 0.6 is 0 Å². The summed E-state index contributed by atoms with van der Waals surface area (Å²) in [5, 5.41) is 5.21. The first-order chi connectivity index (χ1) is 13.8. The molecule has 0 aliphatic carbocycles. The van der Waals surface area contributed by atoms with E-state index in [9.17, 15) is 12.6 Å². The van der Waals surface area contributed by atoms with Gasteiger partial charge < -0.3 is 4.74 Å². The number of ether oxygens (including phenoxy) is 1. The molecule has 3 aromatic rings. The molecule has 1 aliphatic heterocycles. The molecule has 0 saturated carbocycles. The number of para-hydroxylation sites is 1. The summed E-state index contributed by atoms with van der Waals surface area (Å²) in [6.45, 7) is 0. The van der Waals surface area contributed by atoms with Crippen LogP contribution in [-0.4, -0.2) is 18.9 Å². The normalized spacial score (nSPS) is 14.8. The van der Waals surface area contributed by atoms with Crippen LogP contribution in [0.15, 0.2) is 82.6 Å². The Labute approximate surface area is 172 Å². The van der Waals surface area contributed by atoms with Crippen molar-refractivity contribution in [1.82, 2.24) is 0 Å². The molecule has 0 radical (unpaired) electrons. The molecule has 29 heavy (non-hydrogen) atoms. The van der Waals surface area contributed by atoms with Gasteiger partial charge in [-0.2, -0.15) is 0 Å². The van der Waals surface area contributed by atoms with Crippen molar-refractivity contribution in [2.24, 2.45) is 5.14 Å². The van der Waals surface area contributed by atoms with Crippen LogP contribution in [0.5, 0.6) is 5.75 Å². The van der Waals surface area contributed by atoms with Crippen molar-refractivity contribution in [1.29, 1.82) is 0 Å². The fraction of sp³-hybridized carbons (Fsp3) is 0.0909.